The SMILES string of the molecule is Cc1cc(C)n2nc(C(=O)Nc3ccc(C(C)C)cc3)nc2n1. The Kier molecular flexibility index (Phi) is 3.82. The molecule has 0 atom stereocenters. The van der Waals surface area contributed by atoms with Crippen molar-refractivity contribution in [2.75, 3.05) is 5.32 Å². The normalized spacial score (nSPS) is 11.2. The summed E-state index contributed by atoms with van der Waals surface area (Å²) < 4.78 is 1.57. The molecule has 118 valence electrons. The van der Waals surface area contributed by atoms with E-state index in [-0.39, 0.29) is 11.7 Å². The van der Waals surface area contributed by atoms with Crippen molar-refractivity contribution in [1.29, 1.82) is 0 Å². The van der Waals surface area contributed by atoms with Crippen LogP contribution in [0.3, 0.4) is 0 Å². The predicted octanol–water partition coefficient (Wildman–Crippen LogP) is 3.12. The topological polar surface area (TPSA) is 72.2 Å². The number of nitrogens with one attached hydrogen (secondary N) is 1. The molecule has 0 saturated heterocycles. The van der Waals surface area contributed by atoms with Gasteiger partial charge in [0.05, 0.1) is 0 Å². The lowest BCUT2D eigenvalue weighted by Crippen LogP contribution is -2.14. The highest BCUT2D eigenvalue weighted by atomic mass is 16.2. The Morgan fingerprint density at radius 1 is 1.13 bits per heavy atom. The molecule has 0 aliphatic rings. The predicted molar refractivity (Wildman–Crippen MR) is 88.7 cm³/mol. The highest BCUT2D eigenvalue weighted by Crippen LogP contribution is 2.17. The van der Waals surface area contributed by atoms with Gasteiger partial charge in [0.1, 0.15) is 0 Å². The van der Waals surface area contributed by atoms with Crippen LogP contribution >= 0.6 is 0 Å². The molecule has 0 radical (unpaired) electrons. The number of benzene rings is 1. The quantitative estimate of drug-likeness (QED) is 0.807. The average molecular weight is 309 g/mol. The summed E-state index contributed by atoms with van der Waals surface area (Å²) in [5.41, 5.74) is 3.68. The molecule has 0 bridgehead atoms. The van der Waals surface area contributed by atoms with Crippen molar-refractivity contribution in [2.45, 2.75) is 33.6 Å². The summed E-state index contributed by atoms with van der Waals surface area (Å²) in [5, 5.41) is 7.04. The third kappa shape index (κ3) is 3.06. The molecule has 0 unspecified atom stereocenters. The van der Waals surface area contributed by atoms with Crippen LogP contribution in [0.1, 0.15) is 47.3 Å². The first-order valence-electron chi connectivity index (χ1n) is 7.56. The van der Waals surface area contributed by atoms with Gasteiger partial charge in [-0.25, -0.2) is 9.50 Å². The third-order valence-electron chi connectivity index (χ3n) is 3.66. The van der Waals surface area contributed by atoms with Crippen LogP contribution in [0.2, 0.25) is 0 Å². The minimum Gasteiger partial charge on any atom is -0.319 e. The molecule has 2 aromatic heterocycles. The smallest absolute Gasteiger partial charge is 0.295 e. The van der Waals surface area contributed by atoms with Crippen molar-refractivity contribution in [1.82, 2.24) is 19.6 Å². The molecule has 3 rings (SSSR count). The number of nitrogens with zero attached hydrogens (tertiary/aromatic N) is 4. The number of carbonyl (C=O) groups excluding carboxylic acids is 1. The van der Waals surface area contributed by atoms with E-state index in [0.717, 1.165) is 17.1 Å². The van der Waals surface area contributed by atoms with Crippen LogP contribution in [-0.4, -0.2) is 25.5 Å². The zero-order valence-corrected chi connectivity index (χ0v) is 13.7. The van der Waals surface area contributed by atoms with E-state index in [1.54, 1.807) is 4.52 Å². The van der Waals surface area contributed by atoms with Gasteiger partial charge in [0, 0.05) is 17.1 Å². The zero-order valence-electron chi connectivity index (χ0n) is 13.7. The van der Waals surface area contributed by atoms with Gasteiger partial charge >= 0.3 is 0 Å². The largest absolute Gasteiger partial charge is 0.319 e. The van der Waals surface area contributed by atoms with Gasteiger partial charge in [0.2, 0.25) is 5.82 Å². The Balaban J connectivity index is 1.84. The Bertz CT molecular complexity index is 865. The van der Waals surface area contributed by atoms with E-state index >= 15 is 0 Å². The van der Waals surface area contributed by atoms with Crippen molar-refractivity contribution in [3.05, 3.63) is 53.1 Å². The molecule has 0 saturated carbocycles. The summed E-state index contributed by atoms with van der Waals surface area (Å²) in [6.07, 6.45) is 0. The van der Waals surface area contributed by atoms with Gasteiger partial charge in [0.25, 0.3) is 11.7 Å². The van der Waals surface area contributed by atoms with E-state index in [9.17, 15) is 4.79 Å². The summed E-state index contributed by atoms with van der Waals surface area (Å²) in [7, 11) is 0. The Labute approximate surface area is 134 Å². The fourth-order valence-corrected chi connectivity index (χ4v) is 2.40. The first-order valence-corrected chi connectivity index (χ1v) is 7.56. The number of hydrogen-bond acceptors (Lipinski definition) is 4. The number of fused-ring (bicyclic) bond motifs is 1. The molecule has 0 spiro atoms. The lowest BCUT2D eigenvalue weighted by atomic mass is 10.0. The molecule has 1 N–H and O–H groups in total. The molecular formula is C17H19N5O. The summed E-state index contributed by atoms with van der Waals surface area (Å²) >= 11 is 0. The van der Waals surface area contributed by atoms with Crippen LogP contribution in [0.15, 0.2) is 30.3 Å². The first-order chi connectivity index (χ1) is 10.9. The van der Waals surface area contributed by atoms with E-state index in [1.165, 1.54) is 5.56 Å². The second kappa shape index (κ2) is 5.79. The van der Waals surface area contributed by atoms with Gasteiger partial charge < -0.3 is 5.32 Å². The summed E-state index contributed by atoms with van der Waals surface area (Å²) in [4.78, 5) is 20.8. The highest BCUT2D eigenvalue weighted by Gasteiger charge is 2.15. The molecule has 3 aromatic rings. The maximum Gasteiger partial charge on any atom is 0.295 e. The van der Waals surface area contributed by atoms with Gasteiger partial charge in [0.15, 0.2) is 0 Å². The number of anilines is 1. The highest BCUT2D eigenvalue weighted by molar-refractivity contribution is 6.01. The number of rotatable bonds is 3. The summed E-state index contributed by atoms with van der Waals surface area (Å²) in [6, 6.07) is 9.68. The maximum absolute atomic E-state index is 12.3. The van der Waals surface area contributed by atoms with E-state index in [0.29, 0.717) is 11.7 Å². The Morgan fingerprint density at radius 2 is 1.83 bits per heavy atom. The zero-order chi connectivity index (χ0) is 16.6. The monoisotopic (exact) mass is 309 g/mol. The van der Waals surface area contributed by atoms with E-state index in [1.807, 2.05) is 44.2 Å². The number of amides is 1. The number of carbonyl (C=O) groups is 1. The average Bonchev–Trinajstić information content (AvgIpc) is 2.92. The van der Waals surface area contributed by atoms with Crippen molar-refractivity contribution >= 4 is 17.4 Å². The van der Waals surface area contributed by atoms with Gasteiger partial charge in [-0.05, 0) is 43.5 Å². The standard InChI is InChI=1S/C17H19N5O/c1-10(2)13-5-7-14(8-6-13)19-16(23)15-20-17-18-11(3)9-12(4)22(17)21-15/h5-10H,1-4H3,(H,19,23). The lowest BCUT2D eigenvalue weighted by molar-refractivity contribution is 0.101. The van der Waals surface area contributed by atoms with Crippen molar-refractivity contribution in [2.24, 2.45) is 0 Å². The molecule has 23 heavy (non-hydrogen) atoms. The third-order valence-corrected chi connectivity index (χ3v) is 3.66. The van der Waals surface area contributed by atoms with Crippen LogP contribution < -0.4 is 5.32 Å². The molecular weight excluding hydrogens is 290 g/mol. The van der Waals surface area contributed by atoms with E-state index in [4.69, 9.17) is 0 Å². The second-order valence-corrected chi connectivity index (χ2v) is 5.92. The Hall–Kier alpha value is -2.76. The van der Waals surface area contributed by atoms with Crippen LogP contribution in [0.4, 0.5) is 5.69 Å². The number of hydrogen-bond donors (Lipinski definition) is 1. The minimum atomic E-state index is -0.343. The lowest BCUT2D eigenvalue weighted by Gasteiger charge is -2.07. The molecule has 1 aromatic carbocycles. The molecule has 0 fully saturated rings. The molecule has 1 amide bonds. The summed E-state index contributed by atoms with van der Waals surface area (Å²) in [5.74, 6) is 0.656. The summed E-state index contributed by atoms with van der Waals surface area (Å²) in [6.45, 7) is 8.05. The number of aromatic nitrogens is 4. The van der Waals surface area contributed by atoms with Gasteiger partial charge in [-0.15, -0.1) is 5.10 Å². The van der Waals surface area contributed by atoms with Gasteiger partial charge in [-0.2, -0.15) is 4.98 Å². The van der Waals surface area contributed by atoms with Gasteiger partial charge in [-0.3, -0.25) is 4.79 Å². The van der Waals surface area contributed by atoms with Crippen LogP contribution in [0.25, 0.3) is 5.78 Å². The molecule has 0 aliphatic heterocycles. The van der Waals surface area contributed by atoms with Crippen LogP contribution in [0.5, 0.6) is 0 Å². The maximum atomic E-state index is 12.3. The van der Waals surface area contributed by atoms with Crippen molar-refractivity contribution < 1.29 is 4.79 Å². The van der Waals surface area contributed by atoms with Crippen LogP contribution in [-0.2, 0) is 0 Å². The fraction of sp³-hybridized carbons (Fsp3) is 0.294. The van der Waals surface area contributed by atoms with E-state index < -0.39 is 0 Å². The minimum absolute atomic E-state index is 0.110. The second-order valence-electron chi connectivity index (χ2n) is 5.92. The van der Waals surface area contributed by atoms with Crippen molar-refractivity contribution in [3.8, 4) is 0 Å². The molecule has 0 aliphatic carbocycles. The molecule has 6 nitrogen and oxygen atoms in total. The fourth-order valence-electron chi connectivity index (χ4n) is 2.40. The number of aryl methyl sites for hydroxylation is 2. The van der Waals surface area contributed by atoms with Gasteiger partial charge in [-0.1, -0.05) is 26.0 Å². The first kappa shape index (κ1) is 15.1. The molecule has 2 heterocycles. The Morgan fingerprint density at radius 3 is 2.48 bits per heavy atom. The van der Waals surface area contributed by atoms with E-state index in [2.05, 4.69) is 34.2 Å². The van der Waals surface area contributed by atoms with Crippen molar-refractivity contribution in [3.63, 3.8) is 0 Å². The van der Waals surface area contributed by atoms with Crippen LogP contribution in [0, 0.1) is 13.8 Å². The molecule has 6 heteroatoms.